The third-order valence-electron chi connectivity index (χ3n) is 2.24. The molecule has 0 rings (SSSR count). The maximum absolute atomic E-state index is 5.70. The molecule has 6 heteroatoms. The molecule has 0 saturated heterocycles. The molecule has 0 radical (unpaired) electrons. The van der Waals surface area contributed by atoms with Crippen LogP contribution in [0.25, 0.3) is 0 Å². The Kier molecular flexibility index (Phi) is 8.78. The van der Waals surface area contributed by atoms with Gasteiger partial charge in [0.25, 0.3) is 0 Å². The fourth-order valence-corrected chi connectivity index (χ4v) is 1.49. The molecule has 0 aromatic rings. The van der Waals surface area contributed by atoms with Crippen LogP contribution in [0.3, 0.4) is 0 Å². The van der Waals surface area contributed by atoms with E-state index in [1.165, 1.54) is 0 Å². The normalized spacial score (nSPS) is 14.7. The van der Waals surface area contributed by atoms with Gasteiger partial charge in [0.2, 0.25) is 0 Å². The van der Waals surface area contributed by atoms with E-state index in [1.807, 2.05) is 20.8 Å². The van der Waals surface area contributed by atoms with Gasteiger partial charge in [-0.2, -0.15) is 0 Å². The second-order valence-electron chi connectivity index (χ2n) is 4.58. The SMILES string of the molecule is CCN=C(N)NC(C)CCCNC(N)=NC(C)C. The van der Waals surface area contributed by atoms with E-state index in [0.717, 1.165) is 19.4 Å². The summed E-state index contributed by atoms with van der Waals surface area (Å²) in [6.45, 7) is 9.56. The maximum Gasteiger partial charge on any atom is 0.188 e. The van der Waals surface area contributed by atoms with Crippen molar-refractivity contribution in [2.75, 3.05) is 13.1 Å². The van der Waals surface area contributed by atoms with E-state index in [-0.39, 0.29) is 6.04 Å². The van der Waals surface area contributed by atoms with Crippen molar-refractivity contribution in [1.29, 1.82) is 0 Å². The number of nitrogens with one attached hydrogen (secondary N) is 2. The van der Waals surface area contributed by atoms with Gasteiger partial charge in [-0.25, -0.2) is 0 Å². The third-order valence-corrected chi connectivity index (χ3v) is 2.24. The first-order valence-corrected chi connectivity index (χ1v) is 6.59. The van der Waals surface area contributed by atoms with Crippen LogP contribution in [-0.4, -0.2) is 37.1 Å². The minimum Gasteiger partial charge on any atom is -0.370 e. The fraction of sp³-hybridized carbons (Fsp3) is 0.833. The lowest BCUT2D eigenvalue weighted by molar-refractivity contribution is 0.568. The molecule has 0 aliphatic carbocycles. The Labute approximate surface area is 110 Å². The minimum atomic E-state index is 0.225. The molecule has 0 bridgehead atoms. The molecule has 0 fully saturated rings. The molecule has 0 aliphatic heterocycles. The molecule has 6 N–H and O–H groups in total. The number of aliphatic imine (C=N–C) groups is 2. The van der Waals surface area contributed by atoms with Crippen LogP contribution >= 0.6 is 0 Å². The van der Waals surface area contributed by atoms with Gasteiger partial charge in [0.1, 0.15) is 0 Å². The monoisotopic (exact) mass is 256 g/mol. The number of nitrogens with two attached hydrogens (primary N) is 2. The zero-order chi connectivity index (χ0) is 14.0. The summed E-state index contributed by atoms with van der Waals surface area (Å²) in [6.07, 6.45) is 2.00. The van der Waals surface area contributed by atoms with Gasteiger partial charge in [-0.05, 0) is 40.5 Å². The Hall–Kier alpha value is -1.46. The van der Waals surface area contributed by atoms with Crippen molar-refractivity contribution in [1.82, 2.24) is 10.6 Å². The van der Waals surface area contributed by atoms with Gasteiger partial charge in [0.15, 0.2) is 11.9 Å². The molecule has 0 saturated carbocycles. The first-order chi connectivity index (χ1) is 8.45. The Morgan fingerprint density at radius 3 is 2.39 bits per heavy atom. The van der Waals surface area contributed by atoms with Gasteiger partial charge in [-0.3, -0.25) is 9.98 Å². The van der Waals surface area contributed by atoms with Gasteiger partial charge < -0.3 is 22.1 Å². The maximum atomic E-state index is 5.70. The molecule has 6 nitrogen and oxygen atoms in total. The Balaban J connectivity index is 3.69. The van der Waals surface area contributed by atoms with E-state index < -0.39 is 0 Å². The van der Waals surface area contributed by atoms with Crippen LogP contribution in [0.4, 0.5) is 0 Å². The van der Waals surface area contributed by atoms with Gasteiger partial charge in [0.05, 0.1) is 0 Å². The van der Waals surface area contributed by atoms with Crippen LogP contribution in [0.5, 0.6) is 0 Å². The lowest BCUT2D eigenvalue weighted by atomic mass is 10.2. The molecule has 18 heavy (non-hydrogen) atoms. The van der Waals surface area contributed by atoms with Crippen LogP contribution in [0.15, 0.2) is 9.98 Å². The second kappa shape index (κ2) is 9.56. The van der Waals surface area contributed by atoms with E-state index in [2.05, 4.69) is 27.5 Å². The number of rotatable bonds is 7. The standard InChI is InChI=1S/C12H28N6/c1-5-15-11(13)18-10(4)7-6-8-16-12(14)17-9(2)3/h9-10H,5-8H2,1-4H3,(H3,13,15,18)(H3,14,16,17). The van der Waals surface area contributed by atoms with Gasteiger partial charge in [-0.1, -0.05) is 0 Å². The van der Waals surface area contributed by atoms with E-state index in [4.69, 9.17) is 11.5 Å². The van der Waals surface area contributed by atoms with E-state index in [1.54, 1.807) is 0 Å². The quantitative estimate of drug-likeness (QED) is 0.301. The van der Waals surface area contributed by atoms with Gasteiger partial charge in [-0.15, -0.1) is 0 Å². The first-order valence-electron chi connectivity index (χ1n) is 6.59. The molecular weight excluding hydrogens is 228 g/mol. The summed E-state index contributed by atoms with van der Waals surface area (Å²) in [5, 5.41) is 6.23. The minimum absolute atomic E-state index is 0.225. The molecule has 0 aromatic carbocycles. The summed E-state index contributed by atoms with van der Waals surface area (Å²) in [4.78, 5) is 8.28. The summed E-state index contributed by atoms with van der Waals surface area (Å²) < 4.78 is 0. The molecule has 0 amide bonds. The van der Waals surface area contributed by atoms with Crippen LogP contribution in [0, 0.1) is 0 Å². The van der Waals surface area contributed by atoms with E-state index in [0.29, 0.717) is 24.5 Å². The van der Waals surface area contributed by atoms with Crippen LogP contribution in [-0.2, 0) is 0 Å². The molecule has 0 heterocycles. The Bertz CT molecular complexity index is 272. The van der Waals surface area contributed by atoms with Crippen LogP contribution in [0.2, 0.25) is 0 Å². The fourth-order valence-electron chi connectivity index (χ4n) is 1.49. The average molecular weight is 256 g/mol. The molecular formula is C12H28N6. The summed E-state index contributed by atoms with van der Waals surface area (Å²) in [5.41, 5.74) is 11.4. The van der Waals surface area contributed by atoms with Crippen molar-refractivity contribution < 1.29 is 0 Å². The van der Waals surface area contributed by atoms with Gasteiger partial charge in [0, 0.05) is 25.2 Å². The van der Waals surface area contributed by atoms with Crippen LogP contribution < -0.4 is 22.1 Å². The van der Waals surface area contributed by atoms with Crippen molar-refractivity contribution in [3.8, 4) is 0 Å². The van der Waals surface area contributed by atoms with Crippen molar-refractivity contribution in [3.63, 3.8) is 0 Å². The number of guanidine groups is 2. The molecule has 0 aliphatic rings. The second-order valence-corrected chi connectivity index (χ2v) is 4.58. The van der Waals surface area contributed by atoms with E-state index in [9.17, 15) is 0 Å². The van der Waals surface area contributed by atoms with Gasteiger partial charge >= 0.3 is 0 Å². The van der Waals surface area contributed by atoms with Crippen molar-refractivity contribution in [2.24, 2.45) is 21.5 Å². The highest BCUT2D eigenvalue weighted by atomic mass is 15.1. The highest BCUT2D eigenvalue weighted by molar-refractivity contribution is 5.78. The highest BCUT2D eigenvalue weighted by Gasteiger charge is 2.02. The smallest absolute Gasteiger partial charge is 0.188 e. The molecule has 106 valence electrons. The third kappa shape index (κ3) is 9.74. The van der Waals surface area contributed by atoms with E-state index >= 15 is 0 Å². The van der Waals surface area contributed by atoms with Crippen molar-refractivity contribution in [3.05, 3.63) is 0 Å². The molecule has 0 aromatic heterocycles. The Morgan fingerprint density at radius 2 is 1.83 bits per heavy atom. The molecule has 1 atom stereocenters. The predicted molar refractivity (Wildman–Crippen MR) is 78.8 cm³/mol. The lowest BCUT2D eigenvalue weighted by Gasteiger charge is -2.14. The van der Waals surface area contributed by atoms with Crippen molar-refractivity contribution >= 4 is 11.9 Å². The van der Waals surface area contributed by atoms with Crippen LogP contribution in [0.1, 0.15) is 40.5 Å². The Morgan fingerprint density at radius 1 is 1.17 bits per heavy atom. The largest absolute Gasteiger partial charge is 0.370 e. The summed E-state index contributed by atoms with van der Waals surface area (Å²) in [6, 6.07) is 0.536. The highest BCUT2D eigenvalue weighted by Crippen LogP contribution is 1.94. The molecule has 0 spiro atoms. The summed E-state index contributed by atoms with van der Waals surface area (Å²) in [7, 11) is 0. The number of nitrogens with zero attached hydrogens (tertiary/aromatic N) is 2. The first kappa shape index (κ1) is 16.5. The zero-order valence-corrected chi connectivity index (χ0v) is 12.0. The number of hydrogen-bond acceptors (Lipinski definition) is 2. The predicted octanol–water partition coefficient (Wildman–Crippen LogP) is 0.392. The zero-order valence-electron chi connectivity index (χ0n) is 12.0. The average Bonchev–Trinajstić information content (AvgIpc) is 2.23. The topological polar surface area (TPSA) is 101 Å². The van der Waals surface area contributed by atoms with Crippen molar-refractivity contribution in [2.45, 2.75) is 52.6 Å². The molecule has 1 unspecified atom stereocenters. The summed E-state index contributed by atoms with van der Waals surface area (Å²) >= 11 is 0. The summed E-state index contributed by atoms with van der Waals surface area (Å²) in [5.74, 6) is 1.02. The lowest BCUT2D eigenvalue weighted by Crippen LogP contribution is -2.39. The number of hydrogen-bond donors (Lipinski definition) is 4.